The molecule has 2 unspecified atom stereocenters. The minimum absolute atomic E-state index is 0. The predicted octanol–water partition coefficient (Wildman–Crippen LogP) is 2.58. The Hall–Kier alpha value is -1.97. The van der Waals surface area contributed by atoms with E-state index < -0.39 is 11.9 Å². The molecule has 0 bridgehead atoms. The molecule has 132 valence electrons. The van der Waals surface area contributed by atoms with Crippen LogP contribution in [0.4, 0.5) is 9.18 Å². The lowest BCUT2D eigenvalue weighted by molar-refractivity contribution is 0.0557. The molecule has 1 saturated heterocycles. The SMILES string of the molecule is C#CCOc1ccc(F)c(COC(=O)N2C(C)CNCC2C)c1.Cl. The lowest BCUT2D eigenvalue weighted by atomic mass is 10.1. The third-order valence-electron chi connectivity index (χ3n) is 3.73. The Kier molecular flexibility index (Phi) is 7.83. The van der Waals surface area contributed by atoms with Crippen molar-refractivity contribution in [1.29, 1.82) is 0 Å². The van der Waals surface area contributed by atoms with E-state index in [-0.39, 0.29) is 43.3 Å². The highest BCUT2D eigenvalue weighted by atomic mass is 35.5. The van der Waals surface area contributed by atoms with Crippen LogP contribution in [0.2, 0.25) is 0 Å². The Morgan fingerprint density at radius 1 is 1.42 bits per heavy atom. The molecule has 0 aliphatic carbocycles. The molecular weight excluding hydrogens is 335 g/mol. The molecule has 24 heavy (non-hydrogen) atoms. The largest absolute Gasteiger partial charge is 0.481 e. The average Bonchev–Trinajstić information content (AvgIpc) is 2.52. The minimum Gasteiger partial charge on any atom is -0.481 e. The first-order valence-electron chi connectivity index (χ1n) is 7.53. The van der Waals surface area contributed by atoms with E-state index in [1.54, 1.807) is 4.90 Å². The average molecular weight is 357 g/mol. The summed E-state index contributed by atoms with van der Waals surface area (Å²) in [6, 6.07) is 4.30. The Bertz CT molecular complexity index is 596. The molecule has 1 N–H and O–H groups in total. The van der Waals surface area contributed by atoms with Gasteiger partial charge in [0.2, 0.25) is 0 Å². The van der Waals surface area contributed by atoms with Gasteiger partial charge in [-0.2, -0.15) is 0 Å². The van der Waals surface area contributed by atoms with E-state index >= 15 is 0 Å². The van der Waals surface area contributed by atoms with Crippen LogP contribution in [0.5, 0.6) is 5.75 Å². The third-order valence-corrected chi connectivity index (χ3v) is 3.73. The molecule has 7 heteroatoms. The van der Waals surface area contributed by atoms with Gasteiger partial charge >= 0.3 is 6.09 Å². The number of rotatable bonds is 4. The summed E-state index contributed by atoms with van der Waals surface area (Å²) in [6.45, 7) is 5.26. The van der Waals surface area contributed by atoms with E-state index in [0.29, 0.717) is 18.8 Å². The van der Waals surface area contributed by atoms with Gasteiger partial charge in [0.15, 0.2) is 0 Å². The lowest BCUT2D eigenvalue weighted by Crippen LogP contribution is -2.57. The zero-order valence-electron chi connectivity index (χ0n) is 13.8. The molecule has 2 atom stereocenters. The first kappa shape index (κ1) is 20.1. The number of halogens is 2. The topological polar surface area (TPSA) is 50.8 Å². The van der Waals surface area contributed by atoms with E-state index in [1.165, 1.54) is 18.2 Å². The second-order valence-electron chi connectivity index (χ2n) is 5.56. The molecule has 1 aliphatic heterocycles. The van der Waals surface area contributed by atoms with Crippen molar-refractivity contribution < 1.29 is 18.7 Å². The highest BCUT2D eigenvalue weighted by Gasteiger charge is 2.30. The molecule has 2 rings (SSSR count). The van der Waals surface area contributed by atoms with Crippen molar-refractivity contribution >= 4 is 18.5 Å². The summed E-state index contributed by atoms with van der Waals surface area (Å²) in [5, 5.41) is 3.24. The van der Waals surface area contributed by atoms with Gasteiger partial charge in [0.25, 0.3) is 0 Å². The number of hydrogen-bond acceptors (Lipinski definition) is 4. The zero-order chi connectivity index (χ0) is 16.8. The number of benzene rings is 1. The summed E-state index contributed by atoms with van der Waals surface area (Å²) in [7, 11) is 0. The van der Waals surface area contributed by atoms with Crippen molar-refractivity contribution in [2.24, 2.45) is 0 Å². The Morgan fingerprint density at radius 3 is 2.71 bits per heavy atom. The molecule has 1 fully saturated rings. The van der Waals surface area contributed by atoms with Gasteiger partial charge in [-0.15, -0.1) is 18.8 Å². The maximum Gasteiger partial charge on any atom is 0.410 e. The number of nitrogens with zero attached hydrogens (tertiary/aromatic N) is 1. The van der Waals surface area contributed by atoms with E-state index in [1.807, 2.05) is 13.8 Å². The van der Waals surface area contributed by atoms with E-state index in [4.69, 9.17) is 15.9 Å². The Morgan fingerprint density at radius 2 is 2.08 bits per heavy atom. The fraction of sp³-hybridized carbons (Fsp3) is 0.471. The van der Waals surface area contributed by atoms with Gasteiger partial charge in [0, 0.05) is 30.7 Å². The van der Waals surface area contributed by atoms with Gasteiger partial charge in [-0.3, -0.25) is 0 Å². The van der Waals surface area contributed by atoms with Crippen LogP contribution < -0.4 is 10.1 Å². The number of amides is 1. The van der Waals surface area contributed by atoms with Crippen LogP contribution in [0.1, 0.15) is 19.4 Å². The minimum atomic E-state index is -0.452. The molecule has 0 spiro atoms. The first-order valence-corrected chi connectivity index (χ1v) is 7.53. The van der Waals surface area contributed by atoms with Crippen molar-refractivity contribution in [1.82, 2.24) is 10.2 Å². The Labute approximate surface area is 147 Å². The summed E-state index contributed by atoms with van der Waals surface area (Å²) in [4.78, 5) is 13.9. The van der Waals surface area contributed by atoms with Gasteiger partial charge in [0.05, 0.1) is 0 Å². The molecule has 1 heterocycles. The lowest BCUT2D eigenvalue weighted by Gasteiger charge is -2.38. The van der Waals surface area contributed by atoms with Crippen LogP contribution >= 0.6 is 12.4 Å². The van der Waals surface area contributed by atoms with Crippen LogP contribution in [0.25, 0.3) is 0 Å². The van der Waals surface area contributed by atoms with Gasteiger partial charge in [0.1, 0.15) is 24.8 Å². The highest BCUT2D eigenvalue weighted by molar-refractivity contribution is 5.85. The fourth-order valence-electron chi connectivity index (χ4n) is 2.58. The van der Waals surface area contributed by atoms with E-state index in [0.717, 1.165) is 0 Å². The zero-order valence-corrected chi connectivity index (χ0v) is 14.6. The summed E-state index contributed by atoms with van der Waals surface area (Å²) in [5.41, 5.74) is 0.253. The number of nitrogens with one attached hydrogen (secondary N) is 1. The Balaban J connectivity index is 0.00000288. The van der Waals surface area contributed by atoms with Crippen molar-refractivity contribution in [3.63, 3.8) is 0 Å². The van der Waals surface area contributed by atoms with Gasteiger partial charge in [-0.25, -0.2) is 9.18 Å². The number of carbonyl (C=O) groups is 1. The number of carbonyl (C=O) groups excluding carboxylic acids is 1. The number of ether oxygens (including phenoxy) is 2. The maximum atomic E-state index is 13.8. The maximum absolute atomic E-state index is 13.8. The van der Waals surface area contributed by atoms with Gasteiger partial charge in [-0.1, -0.05) is 5.92 Å². The van der Waals surface area contributed by atoms with Gasteiger partial charge in [-0.05, 0) is 32.0 Å². The molecule has 5 nitrogen and oxygen atoms in total. The van der Waals surface area contributed by atoms with Crippen molar-refractivity contribution in [3.05, 3.63) is 29.6 Å². The summed E-state index contributed by atoms with van der Waals surface area (Å²) in [6.07, 6.45) is 4.68. The van der Waals surface area contributed by atoms with Crippen LogP contribution in [-0.2, 0) is 11.3 Å². The smallest absolute Gasteiger partial charge is 0.410 e. The predicted molar refractivity (Wildman–Crippen MR) is 91.8 cm³/mol. The first-order chi connectivity index (χ1) is 11.0. The molecule has 1 aliphatic rings. The van der Waals surface area contributed by atoms with Crippen LogP contribution in [-0.4, -0.2) is 42.8 Å². The van der Waals surface area contributed by atoms with Crippen LogP contribution in [0.15, 0.2) is 18.2 Å². The molecule has 1 aromatic carbocycles. The van der Waals surface area contributed by atoms with Crippen molar-refractivity contribution in [2.75, 3.05) is 19.7 Å². The number of hydrogen-bond donors (Lipinski definition) is 1. The second kappa shape index (κ2) is 9.36. The van der Waals surface area contributed by atoms with E-state index in [9.17, 15) is 9.18 Å². The van der Waals surface area contributed by atoms with Crippen molar-refractivity contribution in [3.8, 4) is 18.1 Å². The molecular formula is C17H22ClFN2O3. The standard InChI is InChI=1S/C17H21FN2O3.ClH/c1-4-7-22-15-5-6-16(18)14(8-15)11-23-17(21)20-12(2)9-19-10-13(20)3;/h1,5-6,8,12-13,19H,7,9-11H2,2-3H3;1H. The molecule has 0 saturated carbocycles. The second-order valence-corrected chi connectivity index (χ2v) is 5.56. The molecule has 0 aromatic heterocycles. The van der Waals surface area contributed by atoms with Crippen LogP contribution in [0.3, 0.4) is 0 Å². The van der Waals surface area contributed by atoms with Gasteiger partial charge < -0.3 is 19.7 Å². The van der Waals surface area contributed by atoms with Crippen LogP contribution in [0, 0.1) is 18.2 Å². The summed E-state index contributed by atoms with van der Waals surface area (Å²) in [5.74, 6) is 2.33. The summed E-state index contributed by atoms with van der Waals surface area (Å²) >= 11 is 0. The molecule has 0 radical (unpaired) electrons. The monoisotopic (exact) mass is 356 g/mol. The fourth-order valence-corrected chi connectivity index (χ4v) is 2.58. The third kappa shape index (κ3) is 5.02. The highest BCUT2D eigenvalue weighted by Crippen LogP contribution is 2.19. The number of terminal acetylenes is 1. The molecule has 1 amide bonds. The van der Waals surface area contributed by atoms with E-state index in [2.05, 4.69) is 11.2 Å². The van der Waals surface area contributed by atoms with Crippen molar-refractivity contribution in [2.45, 2.75) is 32.5 Å². The summed E-state index contributed by atoms with van der Waals surface area (Å²) < 4.78 is 24.3. The normalized spacial score (nSPS) is 19.8. The quantitative estimate of drug-likeness (QED) is 0.842. The number of piperazine rings is 1. The molecule has 1 aromatic rings.